The molecule has 0 aromatic heterocycles. The lowest BCUT2D eigenvalue weighted by atomic mass is 10.1. The Hall–Kier alpha value is -1.00. The zero-order valence-electron chi connectivity index (χ0n) is 9.86. The zero-order valence-corrected chi connectivity index (χ0v) is 13.0. The highest BCUT2D eigenvalue weighted by atomic mass is 79.9. The number of ether oxygens (including phenoxy) is 1. The Bertz CT molecular complexity index is 557. The molecule has 2 nitrogen and oxygen atoms in total. The molecule has 0 aliphatic heterocycles. The predicted molar refractivity (Wildman–Crippen MR) is 81.7 cm³/mol. The summed E-state index contributed by atoms with van der Waals surface area (Å²) in [6.45, 7) is 2.00. The van der Waals surface area contributed by atoms with Gasteiger partial charge in [0.2, 0.25) is 0 Å². The fourth-order valence-corrected chi connectivity index (χ4v) is 2.78. The zero-order chi connectivity index (χ0) is 13.1. The van der Waals surface area contributed by atoms with Gasteiger partial charge in [-0.1, -0.05) is 28.1 Å². The van der Waals surface area contributed by atoms with E-state index in [0.29, 0.717) is 0 Å². The Morgan fingerprint density at radius 2 is 1.89 bits per heavy atom. The molecule has 2 aromatic rings. The Balaban J connectivity index is 2.18. The van der Waals surface area contributed by atoms with E-state index in [2.05, 4.69) is 31.9 Å². The van der Waals surface area contributed by atoms with Crippen LogP contribution in [0.15, 0.2) is 51.4 Å². The van der Waals surface area contributed by atoms with Gasteiger partial charge in [0.05, 0.1) is 4.47 Å². The number of hydrogen-bond donors (Lipinski definition) is 1. The van der Waals surface area contributed by atoms with Gasteiger partial charge in [-0.15, -0.1) is 0 Å². The fourth-order valence-electron chi connectivity index (χ4n) is 1.64. The van der Waals surface area contributed by atoms with Crippen molar-refractivity contribution in [3.05, 3.63) is 57.0 Å². The van der Waals surface area contributed by atoms with Crippen molar-refractivity contribution in [3.8, 4) is 5.75 Å². The molecule has 94 valence electrons. The Morgan fingerprint density at radius 1 is 1.11 bits per heavy atom. The lowest BCUT2D eigenvalue weighted by Crippen LogP contribution is -2.04. The van der Waals surface area contributed by atoms with Gasteiger partial charge < -0.3 is 10.5 Å². The maximum Gasteiger partial charge on any atom is 0.134 e. The van der Waals surface area contributed by atoms with Crippen LogP contribution in [0, 0.1) is 0 Å². The van der Waals surface area contributed by atoms with Crippen LogP contribution in [0.4, 0.5) is 5.69 Å². The quantitative estimate of drug-likeness (QED) is 0.777. The number of anilines is 1. The van der Waals surface area contributed by atoms with Gasteiger partial charge in [0.1, 0.15) is 11.9 Å². The number of benzene rings is 2. The summed E-state index contributed by atoms with van der Waals surface area (Å²) in [5.41, 5.74) is 7.58. The largest absolute Gasteiger partial charge is 0.485 e. The summed E-state index contributed by atoms with van der Waals surface area (Å²) in [7, 11) is 0. The number of hydrogen-bond acceptors (Lipinski definition) is 2. The average Bonchev–Trinajstić information content (AvgIpc) is 2.32. The molecule has 2 aromatic carbocycles. The third-order valence-corrected chi connectivity index (χ3v) is 3.69. The summed E-state index contributed by atoms with van der Waals surface area (Å²) in [4.78, 5) is 0. The second kappa shape index (κ2) is 5.76. The molecule has 0 heterocycles. The van der Waals surface area contributed by atoms with E-state index in [9.17, 15) is 0 Å². The van der Waals surface area contributed by atoms with Crippen LogP contribution in [-0.4, -0.2) is 0 Å². The van der Waals surface area contributed by atoms with E-state index >= 15 is 0 Å². The Morgan fingerprint density at radius 3 is 2.56 bits per heavy atom. The van der Waals surface area contributed by atoms with Crippen molar-refractivity contribution >= 4 is 37.5 Å². The average molecular weight is 371 g/mol. The summed E-state index contributed by atoms with van der Waals surface area (Å²) in [5.74, 6) is 0.813. The van der Waals surface area contributed by atoms with Crippen LogP contribution in [0.25, 0.3) is 0 Å². The summed E-state index contributed by atoms with van der Waals surface area (Å²) in [6, 6.07) is 13.6. The van der Waals surface area contributed by atoms with Crippen LogP contribution in [0.1, 0.15) is 18.6 Å². The monoisotopic (exact) mass is 369 g/mol. The fraction of sp³-hybridized carbons (Fsp3) is 0.143. The van der Waals surface area contributed by atoms with Crippen molar-refractivity contribution in [1.82, 2.24) is 0 Å². The van der Waals surface area contributed by atoms with Crippen LogP contribution in [-0.2, 0) is 0 Å². The first-order valence-electron chi connectivity index (χ1n) is 5.53. The third kappa shape index (κ3) is 3.27. The van der Waals surface area contributed by atoms with Gasteiger partial charge in [0.25, 0.3) is 0 Å². The molecule has 0 saturated heterocycles. The molecule has 0 radical (unpaired) electrons. The van der Waals surface area contributed by atoms with Gasteiger partial charge in [0, 0.05) is 10.2 Å². The molecular weight excluding hydrogens is 358 g/mol. The van der Waals surface area contributed by atoms with Crippen LogP contribution in [0.5, 0.6) is 5.75 Å². The van der Waals surface area contributed by atoms with Crippen LogP contribution in [0.2, 0.25) is 0 Å². The van der Waals surface area contributed by atoms with Gasteiger partial charge in [-0.05, 0) is 58.7 Å². The van der Waals surface area contributed by atoms with Gasteiger partial charge in [-0.3, -0.25) is 0 Å². The maximum absolute atomic E-state index is 5.92. The molecule has 1 unspecified atom stereocenters. The maximum atomic E-state index is 5.92. The van der Waals surface area contributed by atoms with E-state index < -0.39 is 0 Å². The summed E-state index contributed by atoms with van der Waals surface area (Å²) < 4.78 is 7.85. The minimum atomic E-state index is -0.0500. The van der Waals surface area contributed by atoms with Gasteiger partial charge in [0.15, 0.2) is 0 Å². The molecule has 4 heteroatoms. The van der Waals surface area contributed by atoms with Crippen molar-refractivity contribution in [3.63, 3.8) is 0 Å². The van der Waals surface area contributed by atoms with E-state index in [0.717, 1.165) is 25.9 Å². The highest BCUT2D eigenvalue weighted by molar-refractivity contribution is 9.11. The Labute approximate surface area is 123 Å². The first-order chi connectivity index (χ1) is 8.56. The summed E-state index contributed by atoms with van der Waals surface area (Å²) >= 11 is 6.90. The second-order valence-electron chi connectivity index (χ2n) is 4.00. The first kappa shape index (κ1) is 13.4. The van der Waals surface area contributed by atoms with Crippen LogP contribution < -0.4 is 10.5 Å². The molecule has 2 rings (SSSR count). The van der Waals surface area contributed by atoms with Crippen LogP contribution in [0.3, 0.4) is 0 Å². The van der Waals surface area contributed by atoms with Gasteiger partial charge in [-0.2, -0.15) is 0 Å². The minimum Gasteiger partial charge on any atom is -0.485 e. The van der Waals surface area contributed by atoms with Gasteiger partial charge in [-0.25, -0.2) is 0 Å². The van der Waals surface area contributed by atoms with E-state index in [4.69, 9.17) is 10.5 Å². The molecule has 0 fully saturated rings. The molecule has 0 spiro atoms. The summed E-state index contributed by atoms with van der Waals surface area (Å²) in [5, 5.41) is 0. The third-order valence-electron chi connectivity index (χ3n) is 2.58. The SMILES string of the molecule is CC(Oc1ccc(Br)cc1Br)c1cccc(N)c1. The first-order valence-corrected chi connectivity index (χ1v) is 7.12. The van der Waals surface area contributed by atoms with Gasteiger partial charge >= 0.3 is 0 Å². The molecule has 18 heavy (non-hydrogen) atoms. The minimum absolute atomic E-state index is 0.0500. The molecule has 2 N–H and O–H groups in total. The van der Waals surface area contributed by atoms with Crippen molar-refractivity contribution in [2.45, 2.75) is 13.0 Å². The van der Waals surface area contributed by atoms with Crippen LogP contribution >= 0.6 is 31.9 Å². The smallest absolute Gasteiger partial charge is 0.134 e. The molecule has 0 aliphatic carbocycles. The van der Waals surface area contributed by atoms with Crippen molar-refractivity contribution in [2.75, 3.05) is 5.73 Å². The van der Waals surface area contributed by atoms with Crippen molar-refractivity contribution < 1.29 is 4.74 Å². The van der Waals surface area contributed by atoms with E-state index in [-0.39, 0.29) is 6.10 Å². The lowest BCUT2D eigenvalue weighted by molar-refractivity contribution is 0.225. The standard InChI is InChI=1S/C14H13Br2NO/c1-9(10-3-2-4-12(17)7-10)18-14-6-5-11(15)8-13(14)16/h2-9H,17H2,1H3. The number of halogens is 2. The lowest BCUT2D eigenvalue weighted by Gasteiger charge is -2.16. The predicted octanol–water partition coefficient (Wildman–Crippen LogP) is 4.93. The van der Waals surface area contributed by atoms with E-state index in [1.54, 1.807) is 0 Å². The topological polar surface area (TPSA) is 35.2 Å². The highest BCUT2D eigenvalue weighted by Gasteiger charge is 2.10. The summed E-state index contributed by atoms with van der Waals surface area (Å²) in [6.07, 6.45) is -0.0500. The molecular formula is C14H13Br2NO. The molecule has 0 bridgehead atoms. The van der Waals surface area contributed by atoms with Crippen molar-refractivity contribution in [2.24, 2.45) is 0 Å². The normalized spacial score (nSPS) is 12.2. The Kier molecular flexibility index (Phi) is 4.30. The number of nitrogens with two attached hydrogens (primary N) is 1. The van der Waals surface area contributed by atoms with Crippen molar-refractivity contribution in [1.29, 1.82) is 0 Å². The number of nitrogen functional groups attached to an aromatic ring is 1. The van der Waals surface area contributed by atoms with E-state index in [1.807, 2.05) is 49.4 Å². The molecule has 0 amide bonds. The number of rotatable bonds is 3. The molecule has 1 atom stereocenters. The second-order valence-corrected chi connectivity index (χ2v) is 5.77. The molecule has 0 saturated carbocycles. The van der Waals surface area contributed by atoms with E-state index in [1.165, 1.54) is 0 Å². The highest BCUT2D eigenvalue weighted by Crippen LogP contribution is 2.31. The molecule has 0 aliphatic rings.